The zero-order chi connectivity index (χ0) is 17.3. The molecule has 3 saturated heterocycles. The van der Waals surface area contributed by atoms with E-state index >= 15 is 0 Å². The van der Waals surface area contributed by atoms with Crippen LogP contribution in [0.25, 0.3) is 0 Å². The molecular weight excluding hydrogens is 326 g/mol. The van der Waals surface area contributed by atoms with E-state index in [4.69, 9.17) is 4.74 Å². The molecule has 2 saturated carbocycles. The van der Waals surface area contributed by atoms with Gasteiger partial charge in [-0.3, -0.25) is 4.79 Å². The summed E-state index contributed by atoms with van der Waals surface area (Å²) < 4.78 is 5.45. The minimum atomic E-state index is 0.00144. The topological polar surface area (TPSA) is 48.6 Å². The smallest absolute Gasteiger partial charge is 0.251 e. The number of piperidine rings is 1. The van der Waals surface area contributed by atoms with Crippen LogP contribution in [-0.4, -0.2) is 43.4 Å². The van der Waals surface area contributed by atoms with Crippen molar-refractivity contribution in [3.05, 3.63) is 58.4 Å². The van der Waals surface area contributed by atoms with E-state index in [1.54, 1.807) is 6.07 Å². The summed E-state index contributed by atoms with van der Waals surface area (Å²) in [4.78, 5) is 20.3. The van der Waals surface area contributed by atoms with Gasteiger partial charge in [-0.25, -0.2) is 0 Å². The summed E-state index contributed by atoms with van der Waals surface area (Å²) >= 11 is 0. The van der Waals surface area contributed by atoms with E-state index in [1.807, 2.05) is 0 Å². The molecule has 0 amide bonds. The number of hydrogen-bond donors (Lipinski definition) is 1. The molecule has 26 heavy (non-hydrogen) atoms. The van der Waals surface area contributed by atoms with Crippen molar-refractivity contribution >= 4 is 11.5 Å². The number of fused-ring (bicyclic) bond motifs is 1. The number of hydrogen-bond acceptors (Lipinski definition) is 4. The quantitative estimate of drug-likeness (QED) is 0.916. The average Bonchev–Trinajstić information content (AvgIpc) is 3.52. The van der Waals surface area contributed by atoms with Crippen molar-refractivity contribution in [2.24, 2.45) is 17.8 Å². The van der Waals surface area contributed by atoms with Crippen LogP contribution < -0.4 is 15.4 Å². The minimum absolute atomic E-state index is 0.00144. The highest BCUT2D eigenvalue weighted by atomic mass is 16.5. The van der Waals surface area contributed by atoms with Crippen molar-refractivity contribution < 1.29 is 4.74 Å². The molecule has 2 bridgehead atoms. The van der Waals surface area contributed by atoms with Gasteiger partial charge < -0.3 is 19.5 Å². The van der Waals surface area contributed by atoms with Crippen LogP contribution >= 0.6 is 0 Å². The van der Waals surface area contributed by atoms with Gasteiger partial charge in [-0.05, 0) is 29.7 Å². The highest BCUT2D eigenvalue weighted by Gasteiger charge is 2.84. The summed E-state index contributed by atoms with van der Waals surface area (Å²) in [6.45, 7) is 3.18. The number of pyridine rings is 1. The molecule has 1 aromatic carbocycles. The lowest BCUT2D eigenvalue weighted by molar-refractivity contribution is 0.122. The second-order valence-corrected chi connectivity index (χ2v) is 8.07. The molecule has 1 aromatic heterocycles. The molecule has 7 rings (SSSR count). The molecular formula is C21H23N3O2. The van der Waals surface area contributed by atoms with Gasteiger partial charge in [0.25, 0.3) is 5.56 Å². The number of ether oxygens (including phenoxy) is 1. The Morgan fingerprint density at radius 2 is 1.81 bits per heavy atom. The maximum Gasteiger partial charge on any atom is 0.251 e. The standard InChI is InChI=1S/C21H23N3O2/c25-17-12-14(23-6-8-26-9-7-23)11-16(22-17)24-15(18-19-20(18)21(19)24)10-13-4-2-1-3-5-13/h1-5,11-12,15,18-21H,6-10H2,(H,22,25)/t15-,18-,19+,20?,21?/m0/s1. The number of nitrogens with zero attached hydrogens (tertiary/aromatic N) is 2. The summed E-state index contributed by atoms with van der Waals surface area (Å²) in [5, 5.41) is 0. The third kappa shape index (κ3) is 2.16. The van der Waals surface area contributed by atoms with Crippen molar-refractivity contribution in [3.8, 4) is 0 Å². The van der Waals surface area contributed by atoms with E-state index in [1.165, 1.54) is 5.56 Å². The molecule has 5 aliphatic rings. The zero-order valence-corrected chi connectivity index (χ0v) is 14.7. The fourth-order valence-corrected chi connectivity index (χ4v) is 5.41. The molecule has 2 aliphatic carbocycles. The highest BCUT2D eigenvalue weighted by Crippen LogP contribution is 2.78. The van der Waals surface area contributed by atoms with Gasteiger partial charge in [0.15, 0.2) is 0 Å². The van der Waals surface area contributed by atoms with Crippen molar-refractivity contribution in [1.29, 1.82) is 0 Å². The lowest BCUT2D eigenvalue weighted by Crippen LogP contribution is -2.38. The number of aromatic nitrogens is 1. The Balaban J connectivity index is 1.32. The van der Waals surface area contributed by atoms with Crippen molar-refractivity contribution in [3.63, 3.8) is 0 Å². The molecule has 0 spiro atoms. The van der Waals surface area contributed by atoms with Crippen LogP contribution in [-0.2, 0) is 11.2 Å². The SMILES string of the molecule is O=c1cc(N2CCOCC2)cc(N2C3C4[C@H]3[C@@H]4[C@@H]2Cc2ccccc2)[nH]1. The van der Waals surface area contributed by atoms with Crippen LogP contribution in [0.5, 0.6) is 0 Å². The molecule has 2 aromatic rings. The van der Waals surface area contributed by atoms with E-state index in [9.17, 15) is 4.79 Å². The molecule has 1 N–H and O–H groups in total. The first-order chi connectivity index (χ1) is 12.8. The maximum atomic E-state index is 12.4. The minimum Gasteiger partial charge on any atom is -0.378 e. The Labute approximate surface area is 152 Å². The molecule has 4 heterocycles. The first kappa shape index (κ1) is 14.9. The summed E-state index contributed by atoms with van der Waals surface area (Å²) in [7, 11) is 0. The molecule has 5 fully saturated rings. The van der Waals surface area contributed by atoms with Gasteiger partial charge in [0.2, 0.25) is 0 Å². The second-order valence-electron chi connectivity index (χ2n) is 8.07. The van der Waals surface area contributed by atoms with Crippen LogP contribution in [0.1, 0.15) is 5.56 Å². The molecule has 5 heteroatoms. The van der Waals surface area contributed by atoms with Gasteiger partial charge in [0, 0.05) is 43.0 Å². The summed E-state index contributed by atoms with van der Waals surface area (Å²) in [5.41, 5.74) is 2.42. The number of aromatic amines is 1. The lowest BCUT2D eigenvalue weighted by Gasteiger charge is -2.31. The number of rotatable bonds is 4. The first-order valence-corrected chi connectivity index (χ1v) is 9.70. The fraction of sp³-hybridized carbons (Fsp3) is 0.476. The van der Waals surface area contributed by atoms with Gasteiger partial charge in [0.05, 0.1) is 13.2 Å². The third-order valence-corrected chi connectivity index (χ3v) is 6.72. The Kier molecular flexibility index (Phi) is 3.06. The lowest BCUT2D eigenvalue weighted by atomic mass is 10.0. The Bertz CT molecular complexity index is 880. The van der Waals surface area contributed by atoms with Crippen molar-refractivity contribution in [1.82, 2.24) is 4.98 Å². The van der Waals surface area contributed by atoms with E-state index in [-0.39, 0.29) is 5.56 Å². The van der Waals surface area contributed by atoms with Gasteiger partial charge in [-0.2, -0.15) is 0 Å². The highest BCUT2D eigenvalue weighted by molar-refractivity contribution is 5.62. The zero-order valence-electron chi connectivity index (χ0n) is 14.7. The third-order valence-electron chi connectivity index (χ3n) is 6.72. The molecule has 134 valence electrons. The monoisotopic (exact) mass is 349 g/mol. The number of benzene rings is 1. The van der Waals surface area contributed by atoms with Crippen LogP contribution in [0.2, 0.25) is 0 Å². The van der Waals surface area contributed by atoms with Gasteiger partial charge >= 0.3 is 0 Å². The second kappa shape index (κ2) is 5.36. The first-order valence-electron chi connectivity index (χ1n) is 9.70. The van der Waals surface area contributed by atoms with E-state index in [0.29, 0.717) is 12.1 Å². The van der Waals surface area contributed by atoms with Crippen molar-refractivity contribution in [2.45, 2.75) is 18.5 Å². The molecule has 2 unspecified atom stereocenters. The number of nitrogens with one attached hydrogen (secondary N) is 1. The number of morpholine rings is 1. The normalized spacial score (nSPS) is 33.9. The van der Waals surface area contributed by atoms with Gasteiger partial charge in [-0.1, -0.05) is 30.3 Å². The molecule has 5 nitrogen and oxygen atoms in total. The maximum absolute atomic E-state index is 12.4. The molecule has 5 atom stereocenters. The molecule has 3 aliphatic heterocycles. The average molecular weight is 349 g/mol. The predicted molar refractivity (Wildman–Crippen MR) is 101 cm³/mol. The van der Waals surface area contributed by atoms with E-state index in [2.05, 4.69) is 51.2 Å². The molecule has 0 radical (unpaired) electrons. The van der Waals surface area contributed by atoms with Crippen molar-refractivity contribution in [2.75, 3.05) is 36.1 Å². The summed E-state index contributed by atoms with van der Waals surface area (Å²) in [6, 6.07) is 15.8. The Hall–Kier alpha value is -2.27. The summed E-state index contributed by atoms with van der Waals surface area (Å²) in [5.74, 6) is 3.59. The Morgan fingerprint density at radius 3 is 2.58 bits per heavy atom. The van der Waals surface area contributed by atoms with Crippen LogP contribution in [0.4, 0.5) is 11.5 Å². The van der Waals surface area contributed by atoms with Gasteiger partial charge in [-0.15, -0.1) is 0 Å². The fourth-order valence-electron chi connectivity index (χ4n) is 5.41. The van der Waals surface area contributed by atoms with Crippen LogP contribution in [0, 0.1) is 17.8 Å². The number of anilines is 2. The largest absolute Gasteiger partial charge is 0.378 e. The van der Waals surface area contributed by atoms with Crippen LogP contribution in [0.15, 0.2) is 47.3 Å². The van der Waals surface area contributed by atoms with Gasteiger partial charge in [0.1, 0.15) is 5.82 Å². The number of H-pyrrole nitrogens is 1. The Morgan fingerprint density at radius 1 is 1.04 bits per heavy atom. The van der Waals surface area contributed by atoms with E-state index in [0.717, 1.165) is 62.0 Å². The van der Waals surface area contributed by atoms with E-state index < -0.39 is 0 Å². The van der Waals surface area contributed by atoms with Crippen LogP contribution in [0.3, 0.4) is 0 Å². The predicted octanol–water partition coefficient (Wildman–Crippen LogP) is 1.89. The summed E-state index contributed by atoms with van der Waals surface area (Å²) in [6.07, 6.45) is 1.07.